The van der Waals surface area contributed by atoms with Gasteiger partial charge in [-0.25, -0.2) is 4.39 Å². The molecule has 1 aromatic rings. The topological polar surface area (TPSA) is 47.6 Å². The van der Waals surface area contributed by atoms with E-state index in [2.05, 4.69) is 0 Å². The first-order valence-electron chi connectivity index (χ1n) is 5.99. The highest BCUT2D eigenvalue weighted by Gasteiger charge is 2.45. The third-order valence-electron chi connectivity index (χ3n) is 2.68. The Bertz CT molecular complexity index is 491. The van der Waals surface area contributed by atoms with Crippen LogP contribution >= 0.6 is 0 Å². The summed E-state index contributed by atoms with van der Waals surface area (Å²) >= 11 is 0. The monoisotopic (exact) mass is 309 g/mol. The zero-order chi connectivity index (χ0) is 16.0. The number of halogens is 4. The Morgan fingerprint density at radius 3 is 2.38 bits per heavy atom. The number of carbonyl (C=O) groups is 1. The van der Waals surface area contributed by atoms with Gasteiger partial charge in [0.05, 0.1) is 14.2 Å². The summed E-state index contributed by atoms with van der Waals surface area (Å²) in [6, 6.07) is 4.93. The molecule has 0 bridgehead atoms. The summed E-state index contributed by atoms with van der Waals surface area (Å²) in [6.45, 7) is -0.120. The predicted octanol–water partition coefficient (Wildman–Crippen LogP) is 2.26. The Labute approximate surface area is 119 Å². The quantitative estimate of drug-likeness (QED) is 0.820. The van der Waals surface area contributed by atoms with Crippen molar-refractivity contribution in [2.45, 2.75) is 18.8 Å². The van der Waals surface area contributed by atoms with Gasteiger partial charge >= 0.3 is 6.18 Å². The summed E-state index contributed by atoms with van der Waals surface area (Å²) in [5, 5.41) is 1.90. The van der Waals surface area contributed by atoms with E-state index in [0.717, 1.165) is 0 Å². The van der Waals surface area contributed by atoms with Crippen molar-refractivity contribution in [3.63, 3.8) is 0 Å². The highest BCUT2D eigenvalue weighted by Crippen LogP contribution is 2.27. The molecule has 0 saturated heterocycles. The summed E-state index contributed by atoms with van der Waals surface area (Å²) in [5.74, 6) is -0.728. The zero-order valence-corrected chi connectivity index (χ0v) is 11.5. The molecule has 118 valence electrons. The molecule has 1 aromatic carbocycles. The molecule has 0 saturated carbocycles. The second-order valence-corrected chi connectivity index (χ2v) is 4.13. The Morgan fingerprint density at radius 1 is 1.24 bits per heavy atom. The number of methoxy groups -OCH3 is 2. The van der Waals surface area contributed by atoms with Gasteiger partial charge in [0.25, 0.3) is 12.1 Å². The van der Waals surface area contributed by atoms with Crippen molar-refractivity contribution >= 4 is 5.91 Å². The van der Waals surface area contributed by atoms with Gasteiger partial charge < -0.3 is 14.8 Å². The van der Waals surface area contributed by atoms with E-state index in [1.54, 1.807) is 18.2 Å². The first kappa shape index (κ1) is 17.1. The molecule has 4 nitrogen and oxygen atoms in total. The molecule has 1 amide bonds. The average Bonchev–Trinajstić information content (AvgIpc) is 2.45. The molecule has 1 N–H and O–H groups in total. The fraction of sp³-hybridized carbons (Fsp3) is 0.462. The first-order chi connectivity index (χ1) is 9.79. The molecule has 0 heterocycles. The number of carbonyl (C=O) groups excluding carboxylic acids is 1. The van der Waals surface area contributed by atoms with Crippen LogP contribution in [0.1, 0.15) is 5.56 Å². The fourth-order valence-corrected chi connectivity index (χ4v) is 1.60. The molecular formula is C13H15F4NO3. The molecule has 1 rings (SSSR count). The number of ether oxygens (including phenoxy) is 2. The Hall–Kier alpha value is -1.99. The zero-order valence-electron chi connectivity index (χ0n) is 11.5. The van der Waals surface area contributed by atoms with Gasteiger partial charge in [0.15, 0.2) is 11.5 Å². The lowest BCUT2D eigenvalue weighted by atomic mass is 10.1. The predicted molar refractivity (Wildman–Crippen MR) is 67.2 cm³/mol. The third kappa shape index (κ3) is 4.80. The van der Waals surface area contributed by atoms with Crippen molar-refractivity contribution < 1.29 is 31.8 Å². The summed E-state index contributed by atoms with van der Waals surface area (Å²) in [6.07, 6.45) is -8.47. The molecule has 1 unspecified atom stereocenters. The standard InChI is InChI=1S/C13H15F4NO3/c1-20-9-4-3-8(7-10(9)21-2)5-6-18-12(19)11(14)13(15,16)17/h3-4,7,11H,5-6H2,1-2H3,(H,18,19). The average molecular weight is 309 g/mol. The van der Waals surface area contributed by atoms with Crippen molar-refractivity contribution in [2.75, 3.05) is 20.8 Å². The molecule has 8 heteroatoms. The number of nitrogens with one attached hydrogen (secondary N) is 1. The molecule has 0 spiro atoms. The van der Waals surface area contributed by atoms with Crippen LogP contribution in [0.2, 0.25) is 0 Å². The normalized spacial score (nSPS) is 12.7. The van der Waals surface area contributed by atoms with Crippen molar-refractivity contribution in [3.05, 3.63) is 23.8 Å². The maximum Gasteiger partial charge on any atom is 0.428 e. The third-order valence-corrected chi connectivity index (χ3v) is 2.68. The van der Waals surface area contributed by atoms with Crippen LogP contribution in [0.4, 0.5) is 17.6 Å². The van der Waals surface area contributed by atoms with Gasteiger partial charge in [-0.15, -0.1) is 0 Å². The second kappa shape index (κ2) is 7.14. The summed E-state index contributed by atoms with van der Waals surface area (Å²) in [5.41, 5.74) is 0.704. The van der Waals surface area contributed by atoms with Crippen LogP contribution in [0, 0.1) is 0 Å². The maximum atomic E-state index is 12.7. The molecule has 0 aliphatic carbocycles. The summed E-state index contributed by atoms with van der Waals surface area (Å²) < 4.78 is 58.7. The number of amides is 1. The van der Waals surface area contributed by atoms with Crippen molar-refractivity contribution in [3.8, 4) is 11.5 Å². The number of hydrogen-bond acceptors (Lipinski definition) is 3. The fourth-order valence-electron chi connectivity index (χ4n) is 1.60. The molecule has 1 atom stereocenters. The van der Waals surface area contributed by atoms with Crippen LogP contribution in [0.3, 0.4) is 0 Å². The van der Waals surface area contributed by atoms with Crippen LogP contribution in [-0.2, 0) is 11.2 Å². The molecule has 0 aromatic heterocycles. The number of rotatable bonds is 6. The van der Waals surface area contributed by atoms with Crippen LogP contribution in [0.15, 0.2) is 18.2 Å². The molecule has 21 heavy (non-hydrogen) atoms. The Balaban J connectivity index is 2.55. The molecular weight excluding hydrogens is 294 g/mol. The van der Waals surface area contributed by atoms with Gasteiger partial charge in [0.1, 0.15) is 0 Å². The van der Waals surface area contributed by atoms with Gasteiger partial charge in [-0.05, 0) is 24.1 Å². The van der Waals surface area contributed by atoms with Crippen LogP contribution in [0.5, 0.6) is 11.5 Å². The molecule has 0 radical (unpaired) electrons. The van der Waals surface area contributed by atoms with Crippen molar-refractivity contribution in [1.29, 1.82) is 0 Å². The number of hydrogen-bond donors (Lipinski definition) is 1. The lowest BCUT2D eigenvalue weighted by Crippen LogP contribution is -2.41. The van der Waals surface area contributed by atoms with E-state index in [4.69, 9.17) is 9.47 Å². The minimum atomic E-state index is -5.19. The number of alkyl halides is 4. The molecule has 0 aliphatic rings. The first-order valence-corrected chi connectivity index (χ1v) is 5.99. The molecule has 0 fully saturated rings. The maximum absolute atomic E-state index is 12.7. The summed E-state index contributed by atoms with van der Waals surface area (Å²) in [4.78, 5) is 11.0. The molecule has 0 aliphatic heterocycles. The van der Waals surface area contributed by atoms with Crippen LogP contribution in [0.25, 0.3) is 0 Å². The van der Waals surface area contributed by atoms with Crippen LogP contribution in [-0.4, -0.2) is 39.0 Å². The second-order valence-electron chi connectivity index (χ2n) is 4.13. The van der Waals surface area contributed by atoms with Gasteiger partial charge in [0.2, 0.25) is 0 Å². The van der Waals surface area contributed by atoms with E-state index >= 15 is 0 Å². The van der Waals surface area contributed by atoms with Crippen molar-refractivity contribution in [1.82, 2.24) is 5.32 Å². The largest absolute Gasteiger partial charge is 0.493 e. The highest BCUT2D eigenvalue weighted by atomic mass is 19.4. The van der Waals surface area contributed by atoms with E-state index in [1.807, 2.05) is 5.32 Å². The smallest absolute Gasteiger partial charge is 0.428 e. The lowest BCUT2D eigenvalue weighted by Gasteiger charge is -2.13. The van der Waals surface area contributed by atoms with Gasteiger partial charge in [0, 0.05) is 6.54 Å². The van der Waals surface area contributed by atoms with E-state index in [0.29, 0.717) is 17.1 Å². The summed E-state index contributed by atoms with van der Waals surface area (Å²) in [7, 11) is 2.91. The highest BCUT2D eigenvalue weighted by molar-refractivity contribution is 5.81. The van der Waals surface area contributed by atoms with E-state index < -0.39 is 18.3 Å². The Kier molecular flexibility index (Phi) is 5.80. The van der Waals surface area contributed by atoms with E-state index in [9.17, 15) is 22.4 Å². The SMILES string of the molecule is COc1ccc(CCNC(=O)C(F)C(F)(F)F)cc1OC. The Morgan fingerprint density at radius 2 is 1.86 bits per heavy atom. The minimum absolute atomic E-state index is 0.120. The van der Waals surface area contributed by atoms with Crippen LogP contribution < -0.4 is 14.8 Å². The van der Waals surface area contributed by atoms with Crippen molar-refractivity contribution in [2.24, 2.45) is 0 Å². The lowest BCUT2D eigenvalue weighted by molar-refractivity contribution is -0.186. The minimum Gasteiger partial charge on any atom is -0.493 e. The van der Waals surface area contributed by atoms with E-state index in [-0.39, 0.29) is 13.0 Å². The van der Waals surface area contributed by atoms with Gasteiger partial charge in [-0.3, -0.25) is 4.79 Å². The number of benzene rings is 1. The van der Waals surface area contributed by atoms with E-state index in [1.165, 1.54) is 14.2 Å². The van der Waals surface area contributed by atoms with Gasteiger partial charge in [-0.2, -0.15) is 13.2 Å². The van der Waals surface area contributed by atoms with Gasteiger partial charge in [-0.1, -0.05) is 6.07 Å².